The van der Waals surface area contributed by atoms with Gasteiger partial charge in [0.1, 0.15) is 5.54 Å². The molecule has 1 aliphatic heterocycles. The topological polar surface area (TPSA) is 81.7 Å². The van der Waals surface area contributed by atoms with Gasteiger partial charge in [-0.1, -0.05) is 6.92 Å². The van der Waals surface area contributed by atoms with E-state index in [1.165, 1.54) is 0 Å². The Morgan fingerprint density at radius 2 is 1.71 bits per heavy atom. The Hall–Kier alpha value is -1.30. The molecular weight excluding hydrogens is 270 g/mol. The molecule has 0 radical (unpaired) electrons. The molecule has 6 heteroatoms. The molecule has 2 rings (SSSR count). The summed E-state index contributed by atoms with van der Waals surface area (Å²) in [5.41, 5.74) is -1.08. The van der Waals surface area contributed by atoms with Gasteiger partial charge < -0.3 is 20.6 Å². The number of aliphatic carboxylic acids is 1. The molecule has 0 aromatic heterocycles. The Kier molecular flexibility index (Phi) is 5.08. The first-order valence-corrected chi connectivity index (χ1v) is 7.92. The number of carboxylic acid groups (broad SMARTS) is 1. The lowest BCUT2D eigenvalue weighted by atomic mass is 9.77. The Morgan fingerprint density at radius 1 is 1.14 bits per heavy atom. The van der Waals surface area contributed by atoms with Crippen LogP contribution in [0.5, 0.6) is 0 Å². The van der Waals surface area contributed by atoms with Crippen LogP contribution in [0.4, 0.5) is 4.79 Å². The molecule has 2 aliphatic rings. The van der Waals surface area contributed by atoms with Crippen molar-refractivity contribution in [2.45, 2.75) is 57.0 Å². The molecule has 0 atom stereocenters. The van der Waals surface area contributed by atoms with E-state index in [2.05, 4.69) is 29.5 Å². The van der Waals surface area contributed by atoms with E-state index in [-0.39, 0.29) is 12.1 Å². The van der Waals surface area contributed by atoms with Crippen LogP contribution in [0.2, 0.25) is 0 Å². The fourth-order valence-corrected chi connectivity index (χ4v) is 3.24. The predicted octanol–water partition coefficient (Wildman–Crippen LogP) is 1.41. The summed E-state index contributed by atoms with van der Waals surface area (Å²) in [4.78, 5) is 26.0. The molecule has 120 valence electrons. The molecule has 0 aromatic rings. The standard InChI is InChI=1S/C15H27N3O3/c1-11-3-7-15(8-4-11,13(19)20)17-14(21)16-12-5-9-18(2)10-6-12/h11-12H,3-10H2,1-2H3,(H,19,20)(H2,16,17,21). The lowest BCUT2D eigenvalue weighted by Gasteiger charge is -2.37. The summed E-state index contributed by atoms with van der Waals surface area (Å²) in [6.07, 6.45) is 4.57. The molecule has 0 unspecified atom stereocenters. The molecule has 1 heterocycles. The van der Waals surface area contributed by atoms with E-state index in [4.69, 9.17) is 0 Å². The van der Waals surface area contributed by atoms with E-state index in [0.29, 0.717) is 18.8 Å². The van der Waals surface area contributed by atoms with E-state index in [1.54, 1.807) is 0 Å². The number of piperidine rings is 1. The lowest BCUT2D eigenvalue weighted by molar-refractivity contribution is -0.146. The molecule has 1 saturated heterocycles. The Labute approximate surface area is 126 Å². The first kappa shape index (κ1) is 16.1. The fourth-order valence-electron chi connectivity index (χ4n) is 3.24. The molecule has 3 N–H and O–H groups in total. The highest BCUT2D eigenvalue weighted by molar-refractivity contribution is 5.86. The second kappa shape index (κ2) is 6.64. The number of likely N-dealkylation sites (tertiary alicyclic amines) is 1. The summed E-state index contributed by atoms with van der Waals surface area (Å²) in [7, 11) is 2.07. The number of amides is 2. The van der Waals surface area contributed by atoms with E-state index in [0.717, 1.165) is 38.8 Å². The zero-order chi connectivity index (χ0) is 15.5. The Balaban J connectivity index is 1.88. The molecular formula is C15H27N3O3. The van der Waals surface area contributed by atoms with Crippen molar-refractivity contribution in [3.63, 3.8) is 0 Å². The second-order valence-electron chi connectivity index (χ2n) is 6.75. The summed E-state index contributed by atoms with van der Waals surface area (Å²) in [6.45, 7) is 4.06. The number of carboxylic acids is 1. The number of nitrogens with one attached hydrogen (secondary N) is 2. The zero-order valence-corrected chi connectivity index (χ0v) is 13.0. The molecule has 0 aromatic carbocycles. The normalized spacial score (nSPS) is 31.6. The molecule has 21 heavy (non-hydrogen) atoms. The van der Waals surface area contributed by atoms with Crippen LogP contribution >= 0.6 is 0 Å². The van der Waals surface area contributed by atoms with Crippen molar-refractivity contribution in [1.82, 2.24) is 15.5 Å². The van der Waals surface area contributed by atoms with Gasteiger partial charge in [-0.25, -0.2) is 9.59 Å². The van der Waals surface area contributed by atoms with Gasteiger partial charge in [0.2, 0.25) is 0 Å². The summed E-state index contributed by atoms with van der Waals surface area (Å²) < 4.78 is 0. The number of carbonyl (C=O) groups excluding carboxylic acids is 1. The van der Waals surface area contributed by atoms with Crippen molar-refractivity contribution in [2.75, 3.05) is 20.1 Å². The molecule has 1 saturated carbocycles. The molecule has 2 fully saturated rings. The van der Waals surface area contributed by atoms with Gasteiger partial charge in [0.05, 0.1) is 0 Å². The van der Waals surface area contributed by atoms with Crippen LogP contribution in [0.1, 0.15) is 45.4 Å². The molecule has 0 bridgehead atoms. The van der Waals surface area contributed by atoms with Crippen molar-refractivity contribution in [3.8, 4) is 0 Å². The lowest BCUT2D eigenvalue weighted by Crippen LogP contribution is -2.60. The highest BCUT2D eigenvalue weighted by Gasteiger charge is 2.42. The fraction of sp³-hybridized carbons (Fsp3) is 0.867. The summed E-state index contributed by atoms with van der Waals surface area (Å²) in [5, 5.41) is 15.2. The van der Waals surface area contributed by atoms with Crippen molar-refractivity contribution in [1.29, 1.82) is 0 Å². The van der Waals surface area contributed by atoms with Gasteiger partial charge in [-0.3, -0.25) is 0 Å². The monoisotopic (exact) mass is 297 g/mol. The number of hydrogen-bond acceptors (Lipinski definition) is 3. The van der Waals surface area contributed by atoms with Crippen LogP contribution in [0.3, 0.4) is 0 Å². The summed E-state index contributed by atoms with van der Waals surface area (Å²) >= 11 is 0. The van der Waals surface area contributed by atoms with Gasteiger partial charge in [-0.15, -0.1) is 0 Å². The number of urea groups is 1. The van der Waals surface area contributed by atoms with Crippen molar-refractivity contribution >= 4 is 12.0 Å². The van der Waals surface area contributed by atoms with Crippen molar-refractivity contribution in [3.05, 3.63) is 0 Å². The van der Waals surface area contributed by atoms with Gasteiger partial charge in [0.25, 0.3) is 0 Å². The third-order valence-corrected chi connectivity index (χ3v) is 4.94. The molecule has 0 spiro atoms. The summed E-state index contributed by atoms with van der Waals surface area (Å²) in [6, 6.07) is -0.184. The minimum Gasteiger partial charge on any atom is -0.480 e. The number of hydrogen-bond donors (Lipinski definition) is 3. The molecule has 2 amide bonds. The predicted molar refractivity (Wildman–Crippen MR) is 80.2 cm³/mol. The average molecular weight is 297 g/mol. The van der Waals surface area contributed by atoms with Gasteiger partial charge in [0.15, 0.2) is 0 Å². The minimum atomic E-state index is -1.08. The third-order valence-electron chi connectivity index (χ3n) is 4.94. The number of rotatable bonds is 3. The smallest absolute Gasteiger partial charge is 0.329 e. The van der Waals surface area contributed by atoms with Crippen LogP contribution < -0.4 is 10.6 Å². The minimum absolute atomic E-state index is 0.148. The average Bonchev–Trinajstić information content (AvgIpc) is 2.44. The van der Waals surface area contributed by atoms with E-state index < -0.39 is 11.5 Å². The maximum atomic E-state index is 12.2. The Bertz CT molecular complexity index is 384. The molecule has 6 nitrogen and oxygen atoms in total. The second-order valence-corrected chi connectivity index (χ2v) is 6.75. The van der Waals surface area contributed by atoms with Crippen molar-refractivity contribution in [2.24, 2.45) is 5.92 Å². The van der Waals surface area contributed by atoms with Gasteiger partial charge in [0, 0.05) is 6.04 Å². The number of carbonyl (C=O) groups is 2. The largest absolute Gasteiger partial charge is 0.480 e. The highest BCUT2D eigenvalue weighted by atomic mass is 16.4. The van der Waals surface area contributed by atoms with Gasteiger partial charge in [-0.2, -0.15) is 0 Å². The summed E-state index contributed by atoms with van der Waals surface area (Å²) in [5.74, 6) is -0.371. The quantitative estimate of drug-likeness (QED) is 0.736. The van der Waals surface area contributed by atoms with Crippen LogP contribution in [0.25, 0.3) is 0 Å². The van der Waals surface area contributed by atoms with Gasteiger partial charge in [-0.05, 0) is 64.6 Å². The van der Waals surface area contributed by atoms with Crippen LogP contribution in [0, 0.1) is 5.92 Å². The first-order chi connectivity index (χ1) is 9.91. The first-order valence-electron chi connectivity index (χ1n) is 7.92. The van der Waals surface area contributed by atoms with Crippen LogP contribution in [0.15, 0.2) is 0 Å². The Morgan fingerprint density at radius 3 is 2.24 bits per heavy atom. The highest BCUT2D eigenvalue weighted by Crippen LogP contribution is 2.32. The maximum Gasteiger partial charge on any atom is 0.329 e. The van der Waals surface area contributed by atoms with Crippen molar-refractivity contribution < 1.29 is 14.7 Å². The van der Waals surface area contributed by atoms with Gasteiger partial charge >= 0.3 is 12.0 Å². The van der Waals surface area contributed by atoms with E-state index in [1.807, 2.05) is 0 Å². The molecule has 1 aliphatic carbocycles. The third kappa shape index (κ3) is 4.09. The zero-order valence-electron chi connectivity index (χ0n) is 13.0. The van der Waals surface area contributed by atoms with Crippen LogP contribution in [-0.2, 0) is 4.79 Å². The maximum absolute atomic E-state index is 12.2. The number of nitrogens with zero attached hydrogens (tertiary/aromatic N) is 1. The van der Waals surface area contributed by atoms with E-state index >= 15 is 0 Å². The van der Waals surface area contributed by atoms with E-state index in [9.17, 15) is 14.7 Å². The SMILES string of the molecule is CC1CCC(NC(=O)NC2CCN(C)CC2)(C(=O)O)CC1. The van der Waals surface area contributed by atoms with Crippen LogP contribution in [-0.4, -0.2) is 53.7 Å².